The minimum Gasteiger partial charge on any atom is -0.317 e. The molecule has 3 aromatic heterocycles. The highest BCUT2D eigenvalue weighted by atomic mass is 32.1. The third-order valence-electron chi connectivity index (χ3n) is 4.04. The van der Waals surface area contributed by atoms with Gasteiger partial charge in [-0.25, -0.2) is 4.98 Å². The molecular weight excluding hydrogens is 334 g/mol. The van der Waals surface area contributed by atoms with E-state index in [0.717, 1.165) is 11.1 Å². The summed E-state index contributed by atoms with van der Waals surface area (Å²) in [5.41, 5.74) is 8.21. The number of nitrogen functional groups attached to an aromatic ring is 1. The van der Waals surface area contributed by atoms with Gasteiger partial charge < -0.3 is 5.73 Å². The van der Waals surface area contributed by atoms with Gasteiger partial charge in [0.25, 0.3) is 5.65 Å². The van der Waals surface area contributed by atoms with Crippen LogP contribution in [0.1, 0.15) is 11.1 Å². The van der Waals surface area contributed by atoms with E-state index in [-0.39, 0.29) is 28.2 Å². The highest BCUT2D eigenvalue weighted by Gasteiger charge is 2.23. The molecule has 3 N–H and O–H groups in total. The van der Waals surface area contributed by atoms with E-state index in [1.807, 2.05) is 47.9 Å². The third-order valence-corrected chi connectivity index (χ3v) is 5.01. The number of H-pyrrole nitrogens is 1. The van der Waals surface area contributed by atoms with Crippen LogP contribution in [0.5, 0.6) is 0 Å². The smallest absolute Gasteiger partial charge is 0.316 e. The predicted molar refractivity (Wildman–Crippen MR) is 94.9 cm³/mol. The first-order valence-electron chi connectivity index (χ1n) is 7.33. The van der Waals surface area contributed by atoms with Crippen LogP contribution in [0.2, 0.25) is 0 Å². The van der Waals surface area contributed by atoms with E-state index in [9.17, 15) is 15.3 Å². The summed E-state index contributed by atoms with van der Waals surface area (Å²) in [7, 11) is 0. The zero-order chi connectivity index (χ0) is 17.6. The number of aromatic nitrogens is 2. The van der Waals surface area contributed by atoms with Crippen LogP contribution >= 0.6 is 11.3 Å². The van der Waals surface area contributed by atoms with E-state index in [0.29, 0.717) is 10.2 Å². The van der Waals surface area contributed by atoms with Crippen LogP contribution in [0.3, 0.4) is 0 Å². The lowest BCUT2D eigenvalue weighted by atomic mass is 10.1. The van der Waals surface area contributed by atoms with Crippen molar-refractivity contribution < 1.29 is 4.40 Å². The van der Waals surface area contributed by atoms with Crippen molar-refractivity contribution in [2.75, 3.05) is 5.73 Å². The Bertz CT molecular complexity index is 1290. The molecule has 0 aliphatic rings. The molecular formula is C18H10N5OS+. The molecule has 1 aromatic carbocycles. The third kappa shape index (κ3) is 2.08. The van der Waals surface area contributed by atoms with Crippen LogP contribution in [0.4, 0.5) is 5.82 Å². The molecule has 7 heteroatoms. The van der Waals surface area contributed by atoms with Gasteiger partial charge in [0.05, 0.1) is 0 Å². The Morgan fingerprint density at radius 1 is 1.12 bits per heavy atom. The molecule has 118 valence electrons. The van der Waals surface area contributed by atoms with Crippen molar-refractivity contribution in [1.82, 2.24) is 4.98 Å². The Morgan fingerprint density at radius 3 is 2.52 bits per heavy atom. The molecule has 0 saturated carbocycles. The minimum atomic E-state index is -0.296. The number of nitrogens with two attached hydrogens (primary N) is 1. The number of anilines is 1. The average molecular weight is 344 g/mol. The van der Waals surface area contributed by atoms with Crippen LogP contribution in [0.25, 0.3) is 27.0 Å². The monoisotopic (exact) mass is 344 g/mol. The van der Waals surface area contributed by atoms with Gasteiger partial charge >= 0.3 is 5.56 Å². The van der Waals surface area contributed by atoms with E-state index >= 15 is 0 Å². The molecule has 0 saturated heterocycles. The second kappa shape index (κ2) is 5.45. The summed E-state index contributed by atoms with van der Waals surface area (Å²) in [6, 6.07) is 14.9. The standard InChI is InChI=1S/C18H9N5OS/c19-7-11-6-12(8-20)16-22-17(24)14-13(10-4-2-1-3-5-10)9-25-18(14)23(16)15(11)21/h1-6,9H,(H2,21,22,24)/p+1. The SMILES string of the molecule is N#Cc1cc(C#N)c2[nH]c(=O)c3c(-c4ccccc4)csc3[n+]2c1N. The summed E-state index contributed by atoms with van der Waals surface area (Å²) >= 11 is 1.35. The quantitative estimate of drug-likeness (QED) is 0.516. The molecule has 0 radical (unpaired) electrons. The van der Waals surface area contributed by atoms with Gasteiger partial charge in [0, 0.05) is 10.9 Å². The van der Waals surface area contributed by atoms with Crippen molar-refractivity contribution in [1.29, 1.82) is 10.5 Å². The van der Waals surface area contributed by atoms with Gasteiger partial charge in [0.15, 0.2) is 4.83 Å². The molecule has 3 heterocycles. The maximum absolute atomic E-state index is 12.7. The second-order valence-electron chi connectivity index (χ2n) is 5.41. The lowest BCUT2D eigenvalue weighted by molar-refractivity contribution is -0.465. The number of rotatable bonds is 1. The zero-order valence-corrected chi connectivity index (χ0v) is 13.6. The summed E-state index contributed by atoms with van der Waals surface area (Å²) < 4.78 is 1.57. The maximum Gasteiger partial charge on any atom is 0.316 e. The van der Waals surface area contributed by atoms with Crippen molar-refractivity contribution >= 4 is 33.0 Å². The van der Waals surface area contributed by atoms with Crippen molar-refractivity contribution in [3.63, 3.8) is 0 Å². The summed E-state index contributed by atoms with van der Waals surface area (Å²) in [4.78, 5) is 16.0. The molecule has 4 aromatic rings. The number of benzene rings is 1. The first-order valence-corrected chi connectivity index (χ1v) is 8.21. The average Bonchev–Trinajstić information content (AvgIpc) is 3.08. The van der Waals surface area contributed by atoms with Gasteiger partial charge in [0.1, 0.15) is 28.7 Å². The Kier molecular flexibility index (Phi) is 3.24. The molecule has 0 unspecified atom stereocenters. The summed E-state index contributed by atoms with van der Waals surface area (Å²) in [6.07, 6.45) is 0. The fourth-order valence-electron chi connectivity index (χ4n) is 2.89. The van der Waals surface area contributed by atoms with Crippen LogP contribution in [0, 0.1) is 22.7 Å². The molecule has 4 rings (SSSR count). The molecule has 0 bridgehead atoms. The van der Waals surface area contributed by atoms with Crippen molar-refractivity contribution in [3.8, 4) is 23.3 Å². The minimum absolute atomic E-state index is 0.192. The fourth-order valence-corrected chi connectivity index (χ4v) is 3.99. The van der Waals surface area contributed by atoms with Crippen LogP contribution in [-0.4, -0.2) is 4.98 Å². The molecule has 0 aliphatic carbocycles. The van der Waals surface area contributed by atoms with Gasteiger partial charge in [-0.1, -0.05) is 30.3 Å². The Morgan fingerprint density at radius 2 is 1.84 bits per heavy atom. The van der Waals surface area contributed by atoms with Gasteiger partial charge in [-0.2, -0.15) is 14.9 Å². The highest BCUT2D eigenvalue weighted by molar-refractivity contribution is 7.16. The molecule has 0 spiro atoms. The van der Waals surface area contributed by atoms with E-state index < -0.39 is 0 Å². The Hall–Kier alpha value is -3.68. The van der Waals surface area contributed by atoms with E-state index in [1.54, 1.807) is 4.40 Å². The number of hydrogen-bond donors (Lipinski definition) is 2. The number of nitrogens with one attached hydrogen (secondary N) is 1. The summed E-state index contributed by atoms with van der Waals surface area (Å²) in [5, 5.41) is 21.0. The maximum atomic E-state index is 12.7. The van der Waals surface area contributed by atoms with E-state index in [4.69, 9.17) is 5.73 Å². The van der Waals surface area contributed by atoms with Crippen molar-refractivity contribution in [3.05, 3.63) is 63.3 Å². The molecule has 0 fully saturated rings. The first-order chi connectivity index (χ1) is 12.2. The number of hydrogen-bond acceptors (Lipinski definition) is 5. The molecule has 0 amide bonds. The molecule has 0 aliphatic heterocycles. The van der Waals surface area contributed by atoms with E-state index in [1.165, 1.54) is 17.4 Å². The van der Waals surface area contributed by atoms with Crippen LogP contribution < -0.4 is 15.7 Å². The number of nitrogens with zero attached hydrogens (tertiary/aromatic N) is 3. The largest absolute Gasteiger partial charge is 0.317 e. The van der Waals surface area contributed by atoms with Crippen molar-refractivity contribution in [2.45, 2.75) is 0 Å². The number of fused-ring (bicyclic) bond motifs is 3. The summed E-state index contributed by atoms with van der Waals surface area (Å²) in [6.45, 7) is 0. The summed E-state index contributed by atoms with van der Waals surface area (Å²) in [5.74, 6) is 0.194. The normalized spacial score (nSPS) is 10.6. The van der Waals surface area contributed by atoms with Gasteiger partial charge in [-0.15, -0.1) is 11.3 Å². The lowest BCUT2D eigenvalue weighted by Gasteiger charge is -2.04. The van der Waals surface area contributed by atoms with Crippen LogP contribution in [0.15, 0.2) is 46.6 Å². The predicted octanol–water partition coefficient (Wildman–Crippen LogP) is 2.32. The number of nitriles is 2. The molecule has 25 heavy (non-hydrogen) atoms. The van der Waals surface area contributed by atoms with Gasteiger partial charge in [-0.05, 0) is 11.6 Å². The number of aromatic amines is 1. The lowest BCUT2D eigenvalue weighted by Crippen LogP contribution is -2.33. The Balaban J connectivity index is 2.23. The molecule has 6 nitrogen and oxygen atoms in total. The second-order valence-corrected chi connectivity index (χ2v) is 6.27. The van der Waals surface area contributed by atoms with Crippen LogP contribution in [-0.2, 0) is 0 Å². The van der Waals surface area contributed by atoms with Gasteiger partial charge in [-0.3, -0.25) is 4.79 Å². The molecule has 0 atom stereocenters. The van der Waals surface area contributed by atoms with Crippen molar-refractivity contribution in [2.24, 2.45) is 0 Å². The fraction of sp³-hybridized carbons (Fsp3) is 0. The zero-order valence-electron chi connectivity index (χ0n) is 12.8. The first kappa shape index (κ1) is 14.9. The van der Waals surface area contributed by atoms with E-state index in [2.05, 4.69) is 4.98 Å². The Labute approximate surface area is 145 Å². The topological polar surface area (TPSA) is 111 Å². The van der Waals surface area contributed by atoms with Gasteiger partial charge in [0.2, 0.25) is 5.82 Å². The number of thiophene rings is 1. The highest BCUT2D eigenvalue weighted by Crippen LogP contribution is 2.30. The number of pyridine rings is 1.